The highest BCUT2D eigenvalue weighted by Crippen LogP contribution is 2.30. The molecule has 3 rings (SSSR count). The first kappa shape index (κ1) is 11.4. The molecule has 1 aromatic carbocycles. The van der Waals surface area contributed by atoms with Crippen LogP contribution in [0.4, 0.5) is 0 Å². The zero-order valence-electron chi connectivity index (χ0n) is 10.3. The van der Waals surface area contributed by atoms with Crippen molar-refractivity contribution in [1.29, 1.82) is 0 Å². The number of furan rings is 1. The molecule has 2 aromatic heterocycles. The van der Waals surface area contributed by atoms with E-state index in [-0.39, 0.29) is 6.04 Å². The number of nitrogens with zero attached hydrogens (tertiary/aromatic N) is 1. The van der Waals surface area contributed by atoms with Gasteiger partial charge in [0, 0.05) is 5.39 Å². The summed E-state index contributed by atoms with van der Waals surface area (Å²) < 4.78 is 5.82. The second-order valence-electron chi connectivity index (χ2n) is 4.47. The standard InChI is InChI=1S/C14H14N2OS/c1-8-3-4-11-10(5-8)6-12(17-11)13(15)14-9(2)16-7-18-14/h3-7,13H,15H2,1-2H3. The summed E-state index contributed by atoms with van der Waals surface area (Å²) in [4.78, 5) is 5.29. The molecule has 2 heterocycles. The van der Waals surface area contributed by atoms with E-state index in [1.165, 1.54) is 5.56 Å². The van der Waals surface area contributed by atoms with Crippen molar-refractivity contribution in [2.75, 3.05) is 0 Å². The fraction of sp³-hybridized carbons (Fsp3) is 0.214. The van der Waals surface area contributed by atoms with E-state index in [1.54, 1.807) is 11.3 Å². The molecule has 18 heavy (non-hydrogen) atoms. The van der Waals surface area contributed by atoms with E-state index in [9.17, 15) is 0 Å². The van der Waals surface area contributed by atoms with Crippen LogP contribution >= 0.6 is 11.3 Å². The van der Waals surface area contributed by atoms with Crippen LogP contribution in [0.5, 0.6) is 0 Å². The third kappa shape index (κ3) is 1.83. The maximum atomic E-state index is 6.24. The summed E-state index contributed by atoms with van der Waals surface area (Å²) in [5.41, 5.74) is 11.1. The van der Waals surface area contributed by atoms with Crippen molar-refractivity contribution in [3.63, 3.8) is 0 Å². The molecular formula is C14H14N2OS. The van der Waals surface area contributed by atoms with Crippen molar-refractivity contribution >= 4 is 22.3 Å². The maximum absolute atomic E-state index is 6.24. The Hall–Kier alpha value is -1.65. The van der Waals surface area contributed by atoms with E-state index in [0.717, 1.165) is 27.3 Å². The third-order valence-corrected chi connectivity index (χ3v) is 4.08. The van der Waals surface area contributed by atoms with Crippen LogP contribution in [-0.2, 0) is 0 Å². The van der Waals surface area contributed by atoms with Crippen molar-refractivity contribution < 1.29 is 4.42 Å². The Kier molecular flexibility index (Phi) is 2.69. The molecule has 2 N–H and O–H groups in total. The van der Waals surface area contributed by atoms with Crippen LogP contribution in [0.25, 0.3) is 11.0 Å². The van der Waals surface area contributed by atoms with Crippen molar-refractivity contribution in [2.24, 2.45) is 5.73 Å². The van der Waals surface area contributed by atoms with Crippen LogP contribution in [0.2, 0.25) is 0 Å². The lowest BCUT2D eigenvalue weighted by Gasteiger charge is -2.06. The Morgan fingerprint density at radius 1 is 1.28 bits per heavy atom. The molecule has 0 bridgehead atoms. The molecule has 0 aliphatic heterocycles. The van der Waals surface area contributed by atoms with Gasteiger partial charge in [0.15, 0.2) is 0 Å². The molecule has 92 valence electrons. The lowest BCUT2D eigenvalue weighted by molar-refractivity contribution is 0.526. The van der Waals surface area contributed by atoms with Crippen molar-refractivity contribution in [1.82, 2.24) is 4.98 Å². The number of rotatable bonds is 2. The highest BCUT2D eigenvalue weighted by atomic mass is 32.1. The molecule has 0 saturated carbocycles. The Morgan fingerprint density at radius 3 is 2.83 bits per heavy atom. The van der Waals surface area contributed by atoms with Crippen LogP contribution in [0.3, 0.4) is 0 Å². The smallest absolute Gasteiger partial charge is 0.134 e. The van der Waals surface area contributed by atoms with Crippen LogP contribution < -0.4 is 5.73 Å². The molecule has 0 saturated heterocycles. The first-order valence-electron chi connectivity index (χ1n) is 5.81. The SMILES string of the molecule is Cc1ccc2oc(C(N)c3scnc3C)cc2c1. The number of hydrogen-bond donors (Lipinski definition) is 1. The number of hydrogen-bond acceptors (Lipinski definition) is 4. The minimum atomic E-state index is -0.231. The fourth-order valence-corrected chi connectivity index (χ4v) is 2.89. The van der Waals surface area contributed by atoms with E-state index in [4.69, 9.17) is 10.2 Å². The van der Waals surface area contributed by atoms with Gasteiger partial charge in [-0.25, -0.2) is 4.98 Å². The summed E-state index contributed by atoms with van der Waals surface area (Å²) in [5, 5.41) is 1.10. The highest BCUT2D eigenvalue weighted by molar-refractivity contribution is 7.09. The number of fused-ring (bicyclic) bond motifs is 1. The van der Waals surface area contributed by atoms with Gasteiger partial charge in [-0.3, -0.25) is 0 Å². The molecular weight excluding hydrogens is 244 g/mol. The summed E-state index contributed by atoms with van der Waals surface area (Å²) in [6, 6.07) is 7.92. The lowest BCUT2D eigenvalue weighted by Crippen LogP contribution is -2.10. The molecule has 1 atom stereocenters. The predicted octanol–water partition coefficient (Wildman–Crippen LogP) is 3.55. The van der Waals surface area contributed by atoms with E-state index in [0.29, 0.717) is 0 Å². The van der Waals surface area contributed by atoms with Crippen molar-refractivity contribution in [3.8, 4) is 0 Å². The zero-order chi connectivity index (χ0) is 12.7. The largest absolute Gasteiger partial charge is 0.459 e. The number of aromatic nitrogens is 1. The van der Waals surface area contributed by atoms with Crippen LogP contribution in [0, 0.1) is 13.8 Å². The highest BCUT2D eigenvalue weighted by Gasteiger charge is 2.18. The topological polar surface area (TPSA) is 52.0 Å². The maximum Gasteiger partial charge on any atom is 0.134 e. The second-order valence-corrected chi connectivity index (χ2v) is 5.36. The fourth-order valence-electron chi connectivity index (χ4n) is 2.08. The van der Waals surface area contributed by atoms with Gasteiger partial charge in [-0.1, -0.05) is 11.6 Å². The number of nitrogens with two attached hydrogens (primary N) is 1. The number of aryl methyl sites for hydroxylation is 2. The molecule has 0 aliphatic carbocycles. The normalized spacial score (nSPS) is 13.1. The molecule has 0 amide bonds. The van der Waals surface area contributed by atoms with Crippen LogP contribution in [0.1, 0.15) is 27.9 Å². The Morgan fingerprint density at radius 2 is 2.11 bits per heavy atom. The van der Waals surface area contributed by atoms with E-state index >= 15 is 0 Å². The molecule has 0 spiro atoms. The summed E-state index contributed by atoms with van der Waals surface area (Å²) >= 11 is 1.57. The number of thiazole rings is 1. The molecule has 1 unspecified atom stereocenters. The minimum absolute atomic E-state index is 0.231. The van der Waals surface area contributed by atoms with Crippen LogP contribution in [-0.4, -0.2) is 4.98 Å². The van der Waals surface area contributed by atoms with Gasteiger partial charge in [0.1, 0.15) is 11.3 Å². The second kappa shape index (κ2) is 4.23. The summed E-state index contributed by atoms with van der Waals surface area (Å²) in [6.07, 6.45) is 0. The Labute approximate surface area is 109 Å². The quantitative estimate of drug-likeness (QED) is 0.764. The van der Waals surface area contributed by atoms with Crippen molar-refractivity contribution in [3.05, 3.63) is 51.7 Å². The summed E-state index contributed by atoms with van der Waals surface area (Å²) in [7, 11) is 0. The predicted molar refractivity (Wildman–Crippen MR) is 73.8 cm³/mol. The Balaban J connectivity index is 2.07. The van der Waals surface area contributed by atoms with E-state index < -0.39 is 0 Å². The molecule has 0 radical (unpaired) electrons. The van der Waals surface area contributed by atoms with Crippen LogP contribution in [0.15, 0.2) is 34.2 Å². The first-order valence-corrected chi connectivity index (χ1v) is 6.69. The average Bonchev–Trinajstić information content (AvgIpc) is 2.93. The van der Waals surface area contributed by atoms with Crippen molar-refractivity contribution in [2.45, 2.75) is 19.9 Å². The molecule has 4 heteroatoms. The lowest BCUT2D eigenvalue weighted by atomic mass is 10.1. The minimum Gasteiger partial charge on any atom is -0.459 e. The van der Waals surface area contributed by atoms with Gasteiger partial charge >= 0.3 is 0 Å². The number of benzene rings is 1. The first-order chi connectivity index (χ1) is 8.65. The average molecular weight is 258 g/mol. The summed E-state index contributed by atoms with van der Waals surface area (Å²) in [6.45, 7) is 4.04. The monoisotopic (exact) mass is 258 g/mol. The van der Waals surface area contributed by atoms with E-state index in [1.807, 2.05) is 30.6 Å². The Bertz CT molecular complexity index is 699. The van der Waals surface area contributed by atoms with Gasteiger partial charge < -0.3 is 10.2 Å². The van der Waals surface area contributed by atoms with Gasteiger partial charge in [-0.15, -0.1) is 11.3 Å². The molecule has 0 aliphatic rings. The van der Waals surface area contributed by atoms with Gasteiger partial charge in [-0.2, -0.15) is 0 Å². The van der Waals surface area contributed by atoms with E-state index in [2.05, 4.69) is 18.0 Å². The van der Waals surface area contributed by atoms with Gasteiger partial charge in [0.2, 0.25) is 0 Å². The third-order valence-electron chi connectivity index (χ3n) is 3.06. The molecule has 3 nitrogen and oxygen atoms in total. The zero-order valence-corrected chi connectivity index (χ0v) is 11.1. The summed E-state index contributed by atoms with van der Waals surface area (Å²) in [5.74, 6) is 0.794. The molecule has 0 fully saturated rings. The van der Waals surface area contributed by atoms with Gasteiger partial charge in [0.05, 0.1) is 22.1 Å². The molecule has 3 aromatic rings. The van der Waals surface area contributed by atoms with Gasteiger partial charge in [-0.05, 0) is 32.0 Å². The van der Waals surface area contributed by atoms with Gasteiger partial charge in [0.25, 0.3) is 0 Å².